The lowest BCUT2D eigenvalue weighted by molar-refractivity contribution is 0.626. The van der Waals surface area contributed by atoms with Crippen LogP contribution in [0.4, 0.5) is 4.39 Å². The van der Waals surface area contributed by atoms with Crippen LogP contribution in [0.2, 0.25) is 0 Å². The van der Waals surface area contributed by atoms with Gasteiger partial charge in [0.2, 0.25) is 0 Å². The van der Waals surface area contributed by atoms with Gasteiger partial charge in [0.25, 0.3) is 0 Å². The molecule has 0 unspecified atom stereocenters. The molecule has 82 valence electrons. The average Bonchev–Trinajstić information content (AvgIpc) is 2.64. The van der Waals surface area contributed by atoms with Gasteiger partial charge in [-0.05, 0) is 40.8 Å². The van der Waals surface area contributed by atoms with Crippen molar-refractivity contribution < 1.29 is 4.39 Å². The molecule has 2 aromatic rings. The molecule has 0 saturated heterocycles. The zero-order valence-electron chi connectivity index (χ0n) is 8.11. The number of rotatable bonds is 2. The third-order valence-electron chi connectivity index (χ3n) is 2.05. The summed E-state index contributed by atoms with van der Waals surface area (Å²) in [7, 11) is 0. The lowest BCUT2D eigenvalue weighted by atomic mass is 10.1. The van der Waals surface area contributed by atoms with Crippen molar-refractivity contribution in [1.82, 2.24) is 9.78 Å². The highest BCUT2D eigenvalue weighted by Gasteiger charge is 2.09. The standard InChI is InChI=1S/C10H8FIN4/c11-6-1-2-9(8(3-6)10(13)14)16-5-7(12)4-15-16/h1-5H,(H3,13,14). The van der Waals surface area contributed by atoms with E-state index in [1.165, 1.54) is 12.1 Å². The first-order valence-corrected chi connectivity index (χ1v) is 5.50. The molecule has 0 atom stereocenters. The summed E-state index contributed by atoms with van der Waals surface area (Å²) in [6, 6.07) is 4.09. The van der Waals surface area contributed by atoms with Gasteiger partial charge in [0.1, 0.15) is 11.7 Å². The van der Waals surface area contributed by atoms with Crippen LogP contribution in [-0.4, -0.2) is 15.6 Å². The molecule has 0 aliphatic rings. The Hall–Kier alpha value is -1.44. The van der Waals surface area contributed by atoms with Crippen molar-refractivity contribution in [2.24, 2.45) is 5.73 Å². The molecule has 16 heavy (non-hydrogen) atoms. The maximum atomic E-state index is 13.0. The molecule has 0 fully saturated rings. The monoisotopic (exact) mass is 330 g/mol. The second-order valence-corrected chi connectivity index (χ2v) is 4.42. The minimum Gasteiger partial charge on any atom is -0.384 e. The van der Waals surface area contributed by atoms with Crippen LogP contribution in [0.5, 0.6) is 0 Å². The number of amidine groups is 1. The van der Waals surface area contributed by atoms with Crippen molar-refractivity contribution in [3.8, 4) is 5.69 Å². The second-order valence-electron chi connectivity index (χ2n) is 3.18. The minimum atomic E-state index is -0.421. The van der Waals surface area contributed by atoms with E-state index in [1.54, 1.807) is 23.1 Å². The fourth-order valence-electron chi connectivity index (χ4n) is 1.36. The summed E-state index contributed by atoms with van der Waals surface area (Å²) >= 11 is 2.12. The van der Waals surface area contributed by atoms with E-state index in [-0.39, 0.29) is 5.84 Å². The summed E-state index contributed by atoms with van der Waals surface area (Å²) in [4.78, 5) is 0. The third kappa shape index (κ3) is 2.06. The van der Waals surface area contributed by atoms with Gasteiger partial charge in [0.15, 0.2) is 0 Å². The predicted octanol–water partition coefficient (Wildman–Crippen LogP) is 1.90. The molecule has 0 spiro atoms. The Kier molecular flexibility index (Phi) is 2.90. The van der Waals surface area contributed by atoms with E-state index in [0.717, 1.165) is 3.57 Å². The molecule has 0 amide bonds. The fraction of sp³-hybridized carbons (Fsp3) is 0. The van der Waals surface area contributed by atoms with Crippen LogP contribution in [0.1, 0.15) is 5.56 Å². The number of hydrogen-bond donors (Lipinski definition) is 2. The van der Waals surface area contributed by atoms with E-state index in [4.69, 9.17) is 11.1 Å². The molecule has 4 nitrogen and oxygen atoms in total. The highest BCUT2D eigenvalue weighted by Crippen LogP contribution is 2.16. The number of nitrogens with one attached hydrogen (secondary N) is 1. The van der Waals surface area contributed by atoms with Gasteiger partial charge < -0.3 is 5.73 Å². The first kappa shape index (κ1) is 11.1. The van der Waals surface area contributed by atoms with E-state index in [2.05, 4.69) is 27.7 Å². The van der Waals surface area contributed by atoms with Crippen molar-refractivity contribution in [3.05, 3.63) is 45.5 Å². The molecule has 6 heteroatoms. The SMILES string of the molecule is N=C(N)c1cc(F)ccc1-n1cc(I)cn1. The van der Waals surface area contributed by atoms with Gasteiger partial charge in [-0.1, -0.05) is 0 Å². The summed E-state index contributed by atoms with van der Waals surface area (Å²) in [5, 5.41) is 11.5. The fourth-order valence-corrected chi connectivity index (χ4v) is 1.74. The second kappa shape index (κ2) is 4.20. The zero-order valence-corrected chi connectivity index (χ0v) is 10.3. The Balaban J connectivity index is 2.60. The van der Waals surface area contributed by atoms with Crippen molar-refractivity contribution in [2.45, 2.75) is 0 Å². The summed E-state index contributed by atoms with van der Waals surface area (Å²) in [5.74, 6) is -0.601. The molecular formula is C10H8FIN4. The molecule has 1 aromatic carbocycles. The molecule has 1 aromatic heterocycles. The van der Waals surface area contributed by atoms with Gasteiger partial charge in [0, 0.05) is 11.8 Å². The number of benzene rings is 1. The Morgan fingerprint density at radius 2 is 2.25 bits per heavy atom. The predicted molar refractivity (Wildman–Crippen MR) is 67.3 cm³/mol. The molecule has 3 N–H and O–H groups in total. The highest BCUT2D eigenvalue weighted by molar-refractivity contribution is 14.1. The van der Waals surface area contributed by atoms with Crippen molar-refractivity contribution in [2.75, 3.05) is 0 Å². The lowest BCUT2D eigenvalue weighted by Crippen LogP contribution is -2.15. The summed E-state index contributed by atoms with van der Waals surface area (Å²) < 4.78 is 15.6. The van der Waals surface area contributed by atoms with Gasteiger partial charge in [-0.2, -0.15) is 5.10 Å². The van der Waals surface area contributed by atoms with Crippen LogP contribution in [0.25, 0.3) is 5.69 Å². The smallest absolute Gasteiger partial charge is 0.125 e. The molecule has 0 aliphatic heterocycles. The summed E-state index contributed by atoms with van der Waals surface area (Å²) in [5.41, 5.74) is 6.33. The van der Waals surface area contributed by atoms with Gasteiger partial charge in [-0.3, -0.25) is 5.41 Å². The first-order valence-electron chi connectivity index (χ1n) is 4.42. The molecule has 2 rings (SSSR count). The maximum absolute atomic E-state index is 13.0. The molecule has 0 saturated carbocycles. The lowest BCUT2D eigenvalue weighted by Gasteiger charge is -2.07. The largest absolute Gasteiger partial charge is 0.384 e. The highest BCUT2D eigenvalue weighted by atomic mass is 127. The Labute approximate surface area is 105 Å². The maximum Gasteiger partial charge on any atom is 0.125 e. The molecule has 0 radical (unpaired) electrons. The molecule has 1 heterocycles. The van der Waals surface area contributed by atoms with Crippen LogP contribution in [-0.2, 0) is 0 Å². The van der Waals surface area contributed by atoms with E-state index in [1.807, 2.05) is 0 Å². The van der Waals surface area contributed by atoms with Gasteiger partial charge in [-0.25, -0.2) is 9.07 Å². The van der Waals surface area contributed by atoms with E-state index in [0.29, 0.717) is 11.3 Å². The number of nitrogen functional groups attached to an aromatic ring is 1. The number of hydrogen-bond acceptors (Lipinski definition) is 2. The van der Waals surface area contributed by atoms with Crippen molar-refractivity contribution in [1.29, 1.82) is 5.41 Å². The van der Waals surface area contributed by atoms with Crippen molar-refractivity contribution >= 4 is 28.4 Å². The normalized spacial score (nSPS) is 10.4. The quantitative estimate of drug-likeness (QED) is 0.502. The van der Waals surface area contributed by atoms with Crippen LogP contribution in [0, 0.1) is 14.8 Å². The van der Waals surface area contributed by atoms with E-state index in [9.17, 15) is 4.39 Å². The number of nitrogens with two attached hydrogens (primary N) is 1. The van der Waals surface area contributed by atoms with Crippen LogP contribution in [0.15, 0.2) is 30.6 Å². The Bertz CT molecular complexity index is 550. The van der Waals surface area contributed by atoms with Crippen molar-refractivity contribution in [3.63, 3.8) is 0 Å². The van der Waals surface area contributed by atoms with E-state index >= 15 is 0 Å². The number of nitrogens with zero attached hydrogens (tertiary/aromatic N) is 2. The summed E-state index contributed by atoms with van der Waals surface area (Å²) in [6.07, 6.45) is 3.45. The minimum absolute atomic E-state index is 0.181. The number of halogens is 2. The molecule has 0 aliphatic carbocycles. The molecule has 0 bridgehead atoms. The Morgan fingerprint density at radius 1 is 1.50 bits per heavy atom. The molecular weight excluding hydrogens is 322 g/mol. The van der Waals surface area contributed by atoms with E-state index < -0.39 is 5.82 Å². The zero-order chi connectivity index (χ0) is 11.7. The average molecular weight is 330 g/mol. The number of aromatic nitrogens is 2. The first-order chi connectivity index (χ1) is 7.58. The third-order valence-corrected chi connectivity index (χ3v) is 2.60. The van der Waals surface area contributed by atoms with Crippen LogP contribution < -0.4 is 5.73 Å². The topological polar surface area (TPSA) is 67.7 Å². The summed E-state index contributed by atoms with van der Waals surface area (Å²) in [6.45, 7) is 0. The van der Waals surface area contributed by atoms with Gasteiger partial charge >= 0.3 is 0 Å². The Morgan fingerprint density at radius 3 is 2.81 bits per heavy atom. The van der Waals surface area contributed by atoms with Gasteiger partial charge in [0.05, 0.1) is 15.5 Å². The van der Waals surface area contributed by atoms with Crippen LogP contribution in [0.3, 0.4) is 0 Å². The van der Waals surface area contributed by atoms with Gasteiger partial charge in [-0.15, -0.1) is 0 Å². The van der Waals surface area contributed by atoms with Crippen LogP contribution >= 0.6 is 22.6 Å².